The van der Waals surface area contributed by atoms with Crippen molar-refractivity contribution in [1.82, 2.24) is 9.80 Å². The van der Waals surface area contributed by atoms with E-state index in [9.17, 15) is 8.42 Å². The van der Waals surface area contributed by atoms with Gasteiger partial charge < -0.3 is 9.80 Å². The minimum Gasteiger partial charge on any atom is -0.301 e. The lowest BCUT2D eigenvalue weighted by atomic mass is 10.4. The maximum absolute atomic E-state index is 11.8. The summed E-state index contributed by atoms with van der Waals surface area (Å²) < 4.78 is 23.6. The Labute approximate surface area is 120 Å². The summed E-state index contributed by atoms with van der Waals surface area (Å²) in [7, 11) is -2.90. The second-order valence-electron chi connectivity index (χ2n) is 5.14. The van der Waals surface area contributed by atoms with Crippen LogP contribution in [0, 0.1) is 0 Å². The van der Waals surface area contributed by atoms with Crippen molar-refractivity contribution >= 4 is 25.8 Å². The van der Waals surface area contributed by atoms with E-state index in [1.165, 1.54) is 0 Å². The normalized spacial score (nSPS) is 20.2. The van der Waals surface area contributed by atoms with Crippen LogP contribution in [-0.4, -0.2) is 73.8 Å². The van der Waals surface area contributed by atoms with E-state index in [1.54, 1.807) is 13.8 Å². The summed E-state index contributed by atoms with van der Waals surface area (Å²) in [5, 5.41) is 0.753. The summed E-state index contributed by atoms with van der Waals surface area (Å²) in [4.78, 5) is 4.72. The van der Waals surface area contributed by atoms with Crippen molar-refractivity contribution in [2.24, 2.45) is 0 Å². The summed E-state index contributed by atoms with van der Waals surface area (Å²) in [5.41, 5.74) is 0. The summed E-state index contributed by atoms with van der Waals surface area (Å²) in [6.45, 7) is 9.46. The lowest BCUT2D eigenvalue weighted by molar-refractivity contribution is 0.273. The average molecular weight is 341 g/mol. The van der Waals surface area contributed by atoms with E-state index in [1.807, 2.05) is 0 Å². The zero-order valence-electron chi connectivity index (χ0n) is 11.4. The number of nitrogens with zero attached hydrogens (tertiary/aromatic N) is 2. The minimum absolute atomic E-state index is 0.255. The zero-order chi connectivity index (χ0) is 13.6. The van der Waals surface area contributed by atoms with E-state index in [4.69, 9.17) is 0 Å². The molecule has 1 rings (SSSR count). The van der Waals surface area contributed by atoms with Crippen LogP contribution >= 0.6 is 15.9 Å². The SMILES string of the molecule is CC(C)S(=O)(=O)CCN1CCCN(CCBr)CC1. The summed E-state index contributed by atoms with van der Waals surface area (Å²) in [6, 6.07) is 0. The quantitative estimate of drug-likeness (QED) is 0.681. The lowest BCUT2D eigenvalue weighted by Gasteiger charge is -2.21. The van der Waals surface area contributed by atoms with Crippen molar-refractivity contribution in [3.8, 4) is 0 Å². The number of alkyl halides is 1. The van der Waals surface area contributed by atoms with Crippen LogP contribution in [0.3, 0.4) is 0 Å². The Kier molecular flexibility index (Phi) is 7.13. The molecule has 6 heteroatoms. The van der Waals surface area contributed by atoms with Crippen LogP contribution in [0.1, 0.15) is 20.3 Å². The van der Waals surface area contributed by atoms with Crippen molar-refractivity contribution in [3.05, 3.63) is 0 Å². The van der Waals surface area contributed by atoms with Crippen molar-refractivity contribution in [3.63, 3.8) is 0 Å². The molecule has 0 unspecified atom stereocenters. The van der Waals surface area contributed by atoms with E-state index >= 15 is 0 Å². The monoisotopic (exact) mass is 340 g/mol. The highest BCUT2D eigenvalue weighted by atomic mass is 79.9. The first kappa shape index (κ1) is 16.4. The third-order valence-electron chi connectivity index (χ3n) is 3.49. The number of hydrogen-bond donors (Lipinski definition) is 0. The molecule has 18 heavy (non-hydrogen) atoms. The highest BCUT2D eigenvalue weighted by molar-refractivity contribution is 9.09. The van der Waals surface area contributed by atoms with Crippen molar-refractivity contribution in [2.75, 3.05) is 50.4 Å². The van der Waals surface area contributed by atoms with Crippen molar-refractivity contribution < 1.29 is 8.42 Å². The Hall–Kier alpha value is 0.350. The van der Waals surface area contributed by atoms with Crippen LogP contribution < -0.4 is 0 Å². The maximum atomic E-state index is 11.8. The third-order valence-corrected chi connectivity index (χ3v) is 6.03. The van der Waals surface area contributed by atoms with Gasteiger partial charge in [-0.1, -0.05) is 15.9 Å². The zero-order valence-corrected chi connectivity index (χ0v) is 13.8. The lowest BCUT2D eigenvalue weighted by Crippen LogP contribution is -2.35. The highest BCUT2D eigenvalue weighted by Gasteiger charge is 2.19. The molecule has 0 saturated carbocycles. The molecule has 0 aromatic carbocycles. The van der Waals surface area contributed by atoms with E-state index < -0.39 is 9.84 Å². The van der Waals surface area contributed by atoms with Gasteiger partial charge in [-0.15, -0.1) is 0 Å². The molecule has 1 fully saturated rings. The van der Waals surface area contributed by atoms with Crippen molar-refractivity contribution in [2.45, 2.75) is 25.5 Å². The molecular weight excluding hydrogens is 316 g/mol. The standard InChI is InChI=1S/C12H25BrN2O2S/c1-12(2)18(16,17)11-10-15-6-3-5-14(7-4-13)8-9-15/h12H,3-11H2,1-2H3. The largest absolute Gasteiger partial charge is 0.301 e. The van der Waals surface area contributed by atoms with Gasteiger partial charge in [-0.3, -0.25) is 0 Å². The fraction of sp³-hybridized carbons (Fsp3) is 1.00. The molecule has 1 heterocycles. The van der Waals surface area contributed by atoms with Gasteiger partial charge in [-0.25, -0.2) is 8.42 Å². The predicted molar refractivity (Wildman–Crippen MR) is 80.2 cm³/mol. The molecular formula is C12H25BrN2O2S. The van der Waals surface area contributed by atoms with Gasteiger partial charge in [-0.05, 0) is 33.4 Å². The molecule has 1 aliphatic rings. The van der Waals surface area contributed by atoms with Gasteiger partial charge in [0.15, 0.2) is 9.84 Å². The molecule has 0 N–H and O–H groups in total. The molecule has 1 aliphatic heterocycles. The molecule has 0 radical (unpaired) electrons. The highest BCUT2D eigenvalue weighted by Crippen LogP contribution is 2.06. The first-order valence-corrected chi connectivity index (χ1v) is 9.51. The first-order valence-electron chi connectivity index (χ1n) is 6.68. The molecule has 0 atom stereocenters. The van der Waals surface area contributed by atoms with Gasteiger partial charge in [0, 0.05) is 31.5 Å². The van der Waals surface area contributed by atoms with Crippen LogP contribution in [0.15, 0.2) is 0 Å². The van der Waals surface area contributed by atoms with Crippen LogP contribution in [0.25, 0.3) is 0 Å². The second-order valence-corrected chi connectivity index (χ2v) is 8.61. The van der Waals surface area contributed by atoms with Gasteiger partial charge in [0.1, 0.15) is 0 Å². The first-order chi connectivity index (χ1) is 8.45. The smallest absolute Gasteiger partial charge is 0.153 e. The van der Waals surface area contributed by atoms with Gasteiger partial charge in [0.25, 0.3) is 0 Å². The topological polar surface area (TPSA) is 40.6 Å². The molecule has 108 valence electrons. The molecule has 0 spiro atoms. The fourth-order valence-corrected chi connectivity index (χ4v) is 3.57. The van der Waals surface area contributed by atoms with E-state index in [2.05, 4.69) is 25.7 Å². The van der Waals surface area contributed by atoms with Crippen LogP contribution in [0.4, 0.5) is 0 Å². The van der Waals surface area contributed by atoms with E-state index in [-0.39, 0.29) is 5.25 Å². The third kappa shape index (κ3) is 5.55. The maximum Gasteiger partial charge on any atom is 0.153 e. The number of hydrogen-bond acceptors (Lipinski definition) is 4. The van der Waals surface area contributed by atoms with Crippen LogP contribution in [0.2, 0.25) is 0 Å². The molecule has 4 nitrogen and oxygen atoms in total. The average Bonchev–Trinajstić information content (AvgIpc) is 2.52. The minimum atomic E-state index is -2.90. The second kappa shape index (κ2) is 7.82. The summed E-state index contributed by atoms with van der Waals surface area (Å²) in [5.74, 6) is 0.295. The number of halogens is 1. The van der Waals surface area contributed by atoms with Crippen molar-refractivity contribution in [1.29, 1.82) is 0 Å². The molecule has 0 aliphatic carbocycles. The molecule has 0 bridgehead atoms. The van der Waals surface area contributed by atoms with Gasteiger partial charge in [0.2, 0.25) is 0 Å². The Morgan fingerprint density at radius 3 is 2.11 bits per heavy atom. The Bertz CT molecular complexity index is 333. The van der Waals surface area contributed by atoms with Crippen LogP contribution in [0.5, 0.6) is 0 Å². The van der Waals surface area contributed by atoms with E-state index in [0.717, 1.165) is 44.5 Å². The molecule has 0 aromatic rings. The summed E-state index contributed by atoms with van der Waals surface area (Å²) >= 11 is 3.46. The summed E-state index contributed by atoms with van der Waals surface area (Å²) in [6.07, 6.45) is 1.13. The van der Waals surface area contributed by atoms with Crippen LogP contribution in [-0.2, 0) is 9.84 Å². The number of rotatable bonds is 6. The Balaban J connectivity index is 2.36. The van der Waals surface area contributed by atoms with Gasteiger partial charge >= 0.3 is 0 Å². The Morgan fingerprint density at radius 1 is 1.06 bits per heavy atom. The predicted octanol–water partition coefficient (Wildman–Crippen LogP) is 1.21. The molecule has 0 amide bonds. The number of sulfone groups is 1. The van der Waals surface area contributed by atoms with Gasteiger partial charge in [0.05, 0.1) is 11.0 Å². The fourth-order valence-electron chi connectivity index (χ4n) is 2.08. The van der Waals surface area contributed by atoms with Gasteiger partial charge in [-0.2, -0.15) is 0 Å². The molecule has 1 saturated heterocycles. The Morgan fingerprint density at radius 2 is 1.61 bits per heavy atom. The molecule has 0 aromatic heterocycles. The van der Waals surface area contributed by atoms with E-state index in [0.29, 0.717) is 12.3 Å².